The Kier molecular flexibility index (Phi) is 14.0. The van der Waals surface area contributed by atoms with E-state index in [1.807, 2.05) is 6.07 Å². The van der Waals surface area contributed by atoms with Crippen LogP contribution in [0.4, 0.5) is 0 Å². The fraction of sp³-hybridized carbons (Fsp3) is 0.667. The first-order valence-electron chi connectivity index (χ1n) is 7.69. The normalized spacial score (nSPS) is 10.5. The molecule has 0 unspecified atom stereocenters. The Hall–Kier alpha value is 0.0762. The third-order valence-electron chi connectivity index (χ3n) is 3.41. The van der Waals surface area contributed by atoms with Gasteiger partial charge in [-0.05, 0) is 6.42 Å². The third kappa shape index (κ3) is 10.4. The molecule has 0 aliphatic rings. The van der Waals surface area contributed by atoms with Gasteiger partial charge in [0.1, 0.15) is 0 Å². The van der Waals surface area contributed by atoms with Crippen LogP contribution in [0.15, 0.2) is 18.2 Å². The molecule has 0 heterocycles. The molecular weight excluding hydrogens is 292 g/mol. The average Bonchev–Trinajstić information content (AvgIpc) is 2.37. The van der Waals surface area contributed by atoms with Gasteiger partial charge in [0, 0.05) is 5.75 Å². The third-order valence-corrected chi connectivity index (χ3v) is 3.41. The molecule has 1 aromatic rings. The molecule has 0 atom stereocenters. The first-order valence-corrected chi connectivity index (χ1v) is 7.69. The van der Waals surface area contributed by atoms with Gasteiger partial charge in [-0.25, -0.2) is 0 Å². The number of benzene rings is 1. The van der Waals surface area contributed by atoms with Crippen molar-refractivity contribution < 1.29 is 17.1 Å². The molecule has 0 amide bonds. The van der Waals surface area contributed by atoms with Gasteiger partial charge >= 0.3 is 23.1 Å². The zero-order valence-corrected chi connectivity index (χ0v) is 16.3. The van der Waals surface area contributed by atoms with Crippen molar-refractivity contribution in [1.82, 2.24) is 0 Å². The second kappa shape index (κ2) is 12.6. The SMILES string of the molecule is CCCCCCCCOc1[c-]cc(C(C)(C)C)cc1.[Cl-].[Mg+2]. The van der Waals surface area contributed by atoms with Crippen molar-refractivity contribution in [3.8, 4) is 5.75 Å². The smallest absolute Gasteiger partial charge is 1.00 e. The van der Waals surface area contributed by atoms with Gasteiger partial charge in [0.2, 0.25) is 0 Å². The molecule has 0 N–H and O–H groups in total. The minimum Gasteiger partial charge on any atom is -1.00 e. The van der Waals surface area contributed by atoms with Gasteiger partial charge in [0.15, 0.2) is 0 Å². The van der Waals surface area contributed by atoms with E-state index >= 15 is 0 Å². The molecule has 0 fully saturated rings. The molecular formula is C18H29ClMgO. The van der Waals surface area contributed by atoms with E-state index < -0.39 is 0 Å². The summed E-state index contributed by atoms with van der Waals surface area (Å²) in [6.07, 6.45) is 7.81. The Morgan fingerprint density at radius 3 is 2.14 bits per heavy atom. The van der Waals surface area contributed by atoms with Crippen LogP contribution < -0.4 is 17.1 Å². The maximum Gasteiger partial charge on any atom is 2.00 e. The standard InChI is InChI=1S/C18H29O.ClH.Mg/c1-5-6-7-8-9-10-15-19-17-13-11-16(12-14-17)18(2,3)4;;/h11-13H,5-10,15H2,1-4H3;1H;/q-1;;+2/p-1. The molecule has 0 spiro atoms. The van der Waals surface area contributed by atoms with E-state index in [1.54, 1.807) is 0 Å². The summed E-state index contributed by atoms with van der Waals surface area (Å²) in [6, 6.07) is 9.47. The molecule has 116 valence electrons. The van der Waals surface area contributed by atoms with Crippen LogP contribution in [0.2, 0.25) is 0 Å². The Morgan fingerprint density at radius 2 is 1.62 bits per heavy atom. The summed E-state index contributed by atoms with van der Waals surface area (Å²) in [7, 11) is 0. The number of halogens is 1. The Balaban J connectivity index is 0. The van der Waals surface area contributed by atoms with E-state index in [-0.39, 0.29) is 40.9 Å². The second-order valence-corrected chi connectivity index (χ2v) is 6.31. The van der Waals surface area contributed by atoms with Crippen molar-refractivity contribution in [2.75, 3.05) is 6.61 Å². The van der Waals surface area contributed by atoms with E-state index in [0.29, 0.717) is 0 Å². The Bertz CT molecular complexity index is 343. The molecule has 0 bridgehead atoms. The van der Waals surface area contributed by atoms with Crippen LogP contribution in [0.1, 0.15) is 71.8 Å². The number of hydrogen-bond donors (Lipinski definition) is 0. The summed E-state index contributed by atoms with van der Waals surface area (Å²) in [5.74, 6) is 0.876. The largest absolute Gasteiger partial charge is 2.00 e. The molecule has 1 rings (SSSR count). The van der Waals surface area contributed by atoms with Crippen molar-refractivity contribution in [3.63, 3.8) is 0 Å². The molecule has 0 saturated heterocycles. The number of unbranched alkanes of at least 4 members (excludes halogenated alkanes) is 5. The van der Waals surface area contributed by atoms with E-state index in [1.165, 1.54) is 37.7 Å². The van der Waals surface area contributed by atoms with Gasteiger partial charge in [-0.3, -0.25) is 0 Å². The van der Waals surface area contributed by atoms with Crippen molar-refractivity contribution >= 4 is 23.1 Å². The number of rotatable bonds is 8. The first-order chi connectivity index (χ1) is 9.04. The minimum atomic E-state index is 0. The molecule has 0 aliphatic carbocycles. The molecule has 0 aromatic heterocycles. The van der Waals surface area contributed by atoms with Gasteiger partial charge in [0.05, 0.1) is 6.61 Å². The summed E-state index contributed by atoms with van der Waals surface area (Å²) in [5, 5.41) is 0. The van der Waals surface area contributed by atoms with E-state index in [9.17, 15) is 0 Å². The zero-order chi connectivity index (χ0) is 14.1. The summed E-state index contributed by atoms with van der Waals surface area (Å²) in [6.45, 7) is 9.71. The van der Waals surface area contributed by atoms with Crippen molar-refractivity contribution in [3.05, 3.63) is 29.8 Å². The second-order valence-electron chi connectivity index (χ2n) is 6.31. The maximum atomic E-state index is 5.72. The summed E-state index contributed by atoms with van der Waals surface area (Å²) >= 11 is 0. The fourth-order valence-electron chi connectivity index (χ4n) is 2.03. The molecule has 1 aromatic carbocycles. The monoisotopic (exact) mass is 320 g/mol. The van der Waals surface area contributed by atoms with Crippen molar-refractivity contribution in [1.29, 1.82) is 0 Å². The summed E-state index contributed by atoms with van der Waals surface area (Å²) in [4.78, 5) is 0. The van der Waals surface area contributed by atoms with Crippen molar-refractivity contribution in [2.24, 2.45) is 0 Å². The molecule has 0 radical (unpaired) electrons. The van der Waals surface area contributed by atoms with E-state index in [4.69, 9.17) is 4.74 Å². The minimum absolute atomic E-state index is 0. The fourth-order valence-corrected chi connectivity index (χ4v) is 2.03. The molecule has 1 nitrogen and oxygen atoms in total. The maximum absolute atomic E-state index is 5.72. The van der Waals surface area contributed by atoms with Crippen LogP contribution in [0.25, 0.3) is 0 Å². The number of hydrogen-bond acceptors (Lipinski definition) is 1. The van der Waals surface area contributed by atoms with Gasteiger partial charge in [-0.15, -0.1) is 12.1 Å². The summed E-state index contributed by atoms with van der Waals surface area (Å²) in [5.41, 5.74) is 1.49. The van der Waals surface area contributed by atoms with Crippen LogP contribution in [0.3, 0.4) is 0 Å². The van der Waals surface area contributed by atoms with Crippen LogP contribution >= 0.6 is 0 Å². The van der Waals surface area contributed by atoms with Crippen molar-refractivity contribution in [2.45, 2.75) is 71.6 Å². The van der Waals surface area contributed by atoms with Gasteiger partial charge in [0.25, 0.3) is 0 Å². The van der Waals surface area contributed by atoms with Crippen LogP contribution in [-0.2, 0) is 5.41 Å². The van der Waals surface area contributed by atoms with Gasteiger partial charge < -0.3 is 17.1 Å². The quantitative estimate of drug-likeness (QED) is 0.405. The predicted molar refractivity (Wildman–Crippen MR) is 88.6 cm³/mol. The van der Waals surface area contributed by atoms with Crippen LogP contribution in [0.5, 0.6) is 5.75 Å². The predicted octanol–water partition coefficient (Wildman–Crippen LogP) is 2.15. The van der Waals surface area contributed by atoms with Gasteiger partial charge in [-0.2, -0.15) is 17.7 Å². The molecule has 21 heavy (non-hydrogen) atoms. The Labute approximate surface area is 153 Å². The Morgan fingerprint density at radius 1 is 1.00 bits per heavy atom. The van der Waals surface area contributed by atoms with Crippen LogP contribution in [-0.4, -0.2) is 29.7 Å². The molecule has 3 heteroatoms. The van der Waals surface area contributed by atoms with Crippen LogP contribution in [0, 0.1) is 6.07 Å². The number of ether oxygens (including phenoxy) is 1. The summed E-state index contributed by atoms with van der Waals surface area (Å²) < 4.78 is 5.72. The average molecular weight is 321 g/mol. The molecule has 0 aliphatic heterocycles. The molecule has 0 saturated carbocycles. The topological polar surface area (TPSA) is 9.23 Å². The van der Waals surface area contributed by atoms with E-state index in [0.717, 1.165) is 18.8 Å². The van der Waals surface area contributed by atoms with Gasteiger partial charge in [-0.1, -0.05) is 65.2 Å². The zero-order valence-electron chi connectivity index (χ0n) is 14.2. The van der Waals surface area contributed by atoms with E-state index in [2.05, 4.69) is 45.9 Å². The first kappa shape index (κ1) is 23.3.